The van der Waals surface area contributed by atoms with Gasteiger partial charge in [-0.2, -0.15) is 0 Å². The van der Waals surface area contributed by atoms with Gasteiger partial charge in [-0.15, -0.1) is 0 Å². The summed E-state index contributed by atoms with van der Waals surface area (Å²) in [5, 5.41) is 0. The molecular formula is C11H24N+. The summed E-state index contributed by atoms with van der Waals surface area (Å²) in [5.41, 5.74) is 0. The highest BCUT2D eigenvalue weighted by molar-refractivity contribution is 4.66. The average molecular weight is 170 g/mol. The summed E-state index contributed by atoms with van der Waals surface area (Å²) in [5.74, 6) is 0.961. The van der Waals surface area contributed by atoms with Crippen LogP contribution in [0, 0.1) is 5.92 Å². The summed E-state index contributed by atoms with van der Waals surface area (Å²) in [6.07, 6.45) is 4.19. The van der Waals surface area contributed by atoms with Crippen molar-refractivity contribution in [3.8, 4) is 0 Å². The summed E-state index contributed by atoms with van der Waals surface area (Å²) in [6.45, 7) is 9.88. The molecule has 12 heavy (non-hydrogen) atoms. The molecule has 1 aliphatic heterocycles. The fourth-order valence-corrected chi connectivity index (χ4v) is 2.53. The Kier molecular flexibility index (Phi) is 3.16. The van der Waals surface area contributed by atoms with Gasteiger partial charge >= 0.3 is 0 Å². The first-order valence-corrected chi connectivity index (χ1v) is 5.42. The minimum atomic E-state index is 0.883. The quantitative estimate of drug-likeness (QED) is 0.559. The Morgan fingerprint density at radius 1 is 1.33 bits per heavy atom. The molecule has 0 spiro atoms. The number of piperidine rings is 1. The molecule has 1 rings (SSSR count). The number of quaternary nitrogens is 1. The highest BCUT2D eigenvalue weighted by Crippen LogP contribution is 2.27. The highest BCUT2D eigenvalue weighted by Gasteiger charge is 2.33. The van der Waals surface area contributed by atoms with Crippen LogP contribution in [0.4, 0.5) is 0 Å². The summed E-state index contributed by atoms with van der Waals surface area (Å²) in [6, 6.07) is 0.883. The Bertz CT molecular complexity index is 144. The first kappa shape index (κ1) is 10.0. The summed E-state index contributed by atoms with van der Waals surface area (Å²) in [7, 11) is 2.43. The lowest BCUT2D eigenvalue weighted by atomic mass is 9.91. The SMILES string of the molecule is CCC[N+]1(C)CCC(C)CC1C. The van der Waals surface area contributed by atoms with E-state index in [0.717, 1.165) is 12.0 Å². The van der Waals surface area contributed by atoms with Crippen LogP contribution in [-0.4, -0.2) is 30.7 Å². The second-order valence-corrected chi connectivity index (χ2v) is 4.91. The van der Waals surface area contributed by atoms with Crippen LogP contribution in [0.3, 0.4) is 0 Å². The van der Waals surface area contributed by atoms with Crippen LogP contribution in [0.1, 0.15) is 40.0 Å². The van der Waals surface area contributed by atoms with Gasteiger partial charge in [-0.25, -0.2) is 0 Å². The van der Waals surface area contributed by atoms with E-state index < -0.39 is 0 Å². The van der Waals surface area contributed by atoms with Crippen LogP contribution >= 0.6 is 0 Å². The summed E-state index contributed by atoms with van der Waals surface area (Å²) < 4.78 is 1.32. The third-order valence-electron chi connectivity index (χ3n) is 3.67. The monoisotopic (exact) mass is 170 g/mol. The van der Waals surface area contributed by atoms with Crippen molar-refractivity contribution in [1.82, 2.24) is 0 Å². The molecule has 0 radical (unpaired) electrons. The molecule has 1 aliphatic rings. The number of likely N-dealkylation sites (tertiary alicyclic amines) is 1. The Morgan fingerprint density at radius 2 is 2.00 bits per heavy atom. The maximum Gasteiger partial charge on any atom is 0.0862 e. The molecule has 1 nitrogen and oxygen atoms in total. The predicted octanol–water partition coefficient (Wildman–Crippen LogP) is 2.66. The van der Waals surface area contributed by atoms with Crippen molar-refractivity contribution in [2.75, 3.05) is 20.1 Å². The van der Waals surface area contributed by atoms with E-state index in [1.165, 1.54) is 36.8 Å². The standard InChI is InChI=1S/C11H24N/c1-5-7-12(4)8-6-10(2)9-11(12)3/h10-11H,5-9H2,1-4H3/q+1. The fourth-order valence-electron chi connectivity index (χ4n) is 2.53. The molecule has 1 fully saturated rings. The van der Waals surface area contributed by atoms with Gasteiger partial charge in [0, 0.05) is 6.42 Å². The number of rotatable bonds is 2. The smallest absolute Gasteiger partial charge is 0.0862 e. The van der Waals surface area contributed by atoms with E-state index >= 15 is 0 Å². The zero-order valence-corrected chi connectivity index (χ0v) is 9.14. The van der Waals surface area contributed by atoms with Gasteiger partial charge in [0.25, 0.3) is 0 Å². The lowest BCUT2D eigenvalue weighted by molar-refractivity contribution is -0.937. The molecule has 1 saturated heterocycles. The Hall–Kier alpha value is -0.0400. The minimum Gasteiger partial charge on any atom is -0.324 e. The largest absolute Gasteiger partial charge is 0.324 e. The van der Waals surface area contributed by atoms with Gasteiger partial charge in [-0.05, 0) is 25.7 Å². The molecule has 1 heterocycles. The molecule has 0 amide bonds. The van der Waals surface area contributed by atoms with E-state index in [2.05, 4.69) is 27.8 Å². The van der Waals surface area contributed by atoms with Crippen molar-refractivity contribution in [3.05, 3.63) is 0 Å². The van der Waals surface area contributed by atoms with Crippen LogP contribution in [0.2, 0.25) is 0 Å². The fraction of sp³-hybridized carbons (Fsp3) is 1.00. The third-order valence-corrected chi connectivity index (χ3v) is 3.67. The van der Waals surface area contributed by atoms with Crippen LogP contribution in [0.25, 0.3) is 0 Å². The molecule has 0 aromatic rings. The maximum atomic E-state index is 2.43. The zero-order valence-electron chi connectivity index (χ0n) is 9.14. The van der Waals surface area contributed by atoms with Crippen molar-refractivity contribution in [1.29, 1.82) is 0 Å². The van der Waals surface area contributed by atoms with Crippen LogP contribution in [0.5, 0.6) is 0 Å². The van der Waals surface area contributed by atoms with E-state index in [1.54, 1.807) is 0 Å². The summed E-state index contributed by atoms with van der Waals surface area (Å²) >= 11 is 0. The minimum absolute atomic E-state index is 0.883. The van der Waals surface area contributed by atoms with Gasteiger partial charge < -0.3 is 4.48 Å². The molecule has 72 valence electrons. The second kappa shape index (κ2) is 3.78. The third kappa shape index (κ3) is 2.01. The Morgan fingerprint density at radius 3 is 2.50 bits per heavy atom. The van der Waals surface area contributed by atoms with Crippen molar-refractivity contribution in [3.63, 3.8) is 0 Å². The average Bonchev–Trinajstić information content (AvgIpc) is 1.99. The van der Waals surface area contributed by atoms with Gasteiger partial charge in [-0.1, -0.05) is 13.8 Å². The van der Waals surface area contributed by atoms with Crippen molar-refractivity contribution >= 4 is 0 Å². The number of hydrogen-bond donors (Lipinski definition) is 0. The number of nitrogens with zero attached hydrogens (tertiary/aromatic N) is 1. The highest BCUT2D eigenvalue weighted by atomic mass is 15.4. The molecule has 0 aliphatic carbocycles. The molecule has 3 atom stereocenters. The first-order chi connectivity index (χ1) is 5.58. The summed E-state index contributed by atoms with van der Waals surface area (Å²) in [4.78, 5) is 0. The molecule has 1 heteroatoms. The van der Waals surface area contributed by atoms with Crippen molar-refractivity contribution in [2.45, 2.75) is 46.1 Å². The number of hydrogen-bond acceptors (Lipinski definition) is 0. The molecule has 0 N–H and O–H groups in total. The van der Waals surface area contributed by atoms with E-state index in [9.17, 15) is 0 Å². The van der Waals surface area contributed by atoms with E-state index in [1.807, 2.05) is 0 Å². The first-order valence-electron chi connectivity index (χ1n) is 5.42. The Labute approximate surface area is 77.4 Å². The van der Waals surface area contributed by atoms with Gasteiger partial charge in [0.05, 0.1) is 26.2 Å². The zero-order chi connectivity index (χ0) is 9.19. The second-order valence-electron chi connectivity index (χ2n) is 4.91. The van der Waals surface area contributed by atoms with Gasteiger partial charge in [0.15, 0.2) is 0 Å². The molecule has 0 bridgehead atoms. The molecule has 0 saturated carbocycles. The Balaban J connectivity index is 2.53. The van der Waals surface area contributed by atoms with Crippen molar-refractivity contribution < 1.29 is 4.48 Å². The van der Waals surface area contributed by atoms with Gasteiger partial charge in [0.1, 0.15) is 0 Å². The predicted molar refractivity (Wildman–Crippen MR) is 54.1 cm³/mol. The van der Waals surface area contributed by atoms with E-state index in [4.69, 9.17) is 0 Å². The topological polar surface area (TPSA) is 0 Å². The molecule has 0 aromatic carbocycles. The molecule has 0 aromatic heterocycles. The lowest BCUT2D eigenvalue weighted by Gasteiger charge is -2.45. The van der Waals surface area contributed by atoms with Crippen LogP contribution in [0.15, 0.2) is 0 Å². The van der Waals surface area contributed by atoms with Gasteiger partial charge in [-0.3, -0.25) is 0 Å². The van der Waals surface area contributed by atoms with Gasteiger partial charge in [0.2, 0.25) is 0 Å². The van der Waals surface area contributed by atoms with Crippen LogP contribution < -0.4 is 0 Å². The van der Waals surface area contributed by atoms with Crippen LogP contribution in [-0.2, 0) is 0 Å². The maximum absolute atomic E-state index is 2.43. The molecule has 3 unspecified atom stereocenters. The van der Waals surface area contributed by atoms with Crippen molar-refractivity contribution in [2.24, 2.45) is 5.92 Å². The van der Waals surface area contributed by atoms with E-state index in [-0.39, 0.29) is 0 Å². The molecular weight excluding hydrogens is 146 g/mol. The lowest BCUT2D eigenvalue weighted by Crippen LogP contribution is -2.55. The normalized spacial score (nSPS) is 43.0. The van der Waals surface area contributed by atoms with E-state index in [0.29, 0.717) is 0 Å².